The number of carbonyl (C=O) groups is 2. The van der Waals surface area contributed by atoms with Crippen LogP contribution in [0.1, 0.15) is 56.3 Å². The van der Waals surface area contributed by atoms with Gasteiger partial charge in [-0.1, -0.05) is 33.1 Å². The number of aliphatic carboxylic acids is 1. The molecule has 7 nitrogen and oxygen atoms in total. The van der Waals surface area contributed by atoms with Crippen molar-refractivity contribution in [3.05, 3.63) is 29.8 Å². The zero-order valence-corrected chi connectivity index (χ0v) is 16.8. The number of ether oxygens (including phenoxy) is 1. The number of rotatable bonds is 13. The van der Waals surface area contributed by atoms with Crippen LogP contribution >= 0.6 is 0 Å². The van der Waals surface area contributed by atoms with Gasteiger partial charge < -0.3 is 15.2 Å². The number of sulfone groups is 1. The number of carbonyl (C=O) groups excluding carboxylic acids is 1. The summed E-state index contributed by atoms with van der Waals surface area (Å²) in [6.45, 7) is 4.25. The van der Waals surface area contributed by atoms with Gasteiger partial charge in [-0.15, -0.1) is 0 Å². The van der Waals surface area contributed by atoms with E-state index in [1.165, 1.54) is 13.3 Å². The van der Waals surface area contributed by atoms with Gasteiger partial charge in [0.1, 0.15) is 21.6 Å². The summed E-state index contributed by atoms with van der Waals surface area (Å²) in [5, 5.41) is 11.6. The summed E-state index contributed by atoms with van der Waals surface area (Å²) in [5.41, 5.74) is 0.290. The molecular weight excluding hydrogens is 370 g/mol. The number of hydrogen-bond donors (Lipinski definition) is 2. The Hall–Kier alpha value is -2.09. The van der Waals surface area contributed by atoms with Crippen LogP contribution in [0.25, 0.3) is 0 Å². The Morgan fingerprint density at radius 2 is 1.78 bits per heavy atom. The average molecular weight is 400 g/mol. The van der Waals surface area contributed by atoms with Crippen LogP contribution in [0.15, 0.2) is 24.3 Å². The highest BCUT2D eigenvalue weighted by Crippen LogP contribution is 2.13. The largest absolute Gasteiger partial charge is 0.494 e. The second-order valence-corrected chi connectivity index (χ2v) is 8.80. The number of hydrogen-bond acceptors (Lipinski definition) is 5. The fourth-order valence-corrected chi connectivity index (χ4v) is 3.25. The van der Waals surface area contributed by atoms with Gasteiger partial charge in [0, 0.05) is 11.3 Å². The zero-order chi connectivity index (χ0) is 20.3. The summed E-state index contributed by atoms with van der Waals surface area (Å²) in [5.74, 6) is -1.53. The molecule has 0 aliphatic rings. The topological polar surface area (TPSA) is 110 Å². The quantitative estimate of drug-likeness (QED) is 0.494. The van der Waals surface area contributed by atoms with Crippen molar-refractivity contribution in [2.75, 3.05) is 18.1 Å². The lowest BCUT2D eigenvalue weighted by Gasteiger charge is -2.14. The Morgan fingerprint density at radius 1 is 1.11 bits per heavy atom. The molecule has 0 radical (unpaired) electrons. The van der Waals surface area contributed by atoms with Gasteiger partial charge in [0.2, 0.25) is 0 Å². The van der Waals surface area contributed by atoms with E-state index in [0.29, 0.717) is 12.4 Å². The SMILES string of the molecule is CCCCCCOc1ccc(C(=O)NC(CCS(=O)(=O)CC)C(=O)O)cc1. The minimum Gasteiger partial charge on any atom is -0.494 e. The van der Waals surface area contributed by atoms with Gasteiger partial charge in [-0.2, -0.15) is 0 Å². The van der Waals surface area contributed by atoms with Gasteiger partial charge in [0.05, 0.1) is 12.4 Å². The minimum absolute atomic E-state index is 0.0623. The van der Waals surface area contributed by atoms with Gasteiger partial charge >= 0.3 is 5.97 Å². The smallest absolute Gasteiger partial charge is 0.326 e. The Balaban J connectivity index is 2.57. The first-order chi connectivity index (χ1) is 12.8. The van der Waals surface area contributed by atoms with Gasteiger partial charge in [-0.25, -0.2) is 13.2 Å². The maximum absolute atomic E-state index is 12.2. The Morgan fingerprint density at radius 3 is 2.33 bits per heavy atom. The molecule has 8 heteroatoms. The highest BCUT2D eigenvalue weighted by Gasteiger charge is 2.23. The molecule has 2 N–H and O–H groups in total. The van der Waals surface area contributed by atoms with E-state index in [1.54, 1.807) is 24.3 Å². The Bertz CT molecular complexity index is 699. The monoisotopic (exact) mass is 399 g/mol. The summed E-state index contributed by atoms with van der Waals surface area (Å²) >= 11 is 0. The van der Waals surface area contributed by atoms with E-state index in [9.17, 15) is 23.1 Å². The van der Waals surface area contributed by atoms with Crippen LogP contribution in [0.3, 0.4) is 0 Å². The van der Waals surface area contributed by atoms with Crippen molar-refractivity contribution in [2.24, 2.45) is 0 Å². The molecule has 0 aromatic heterocycles. The molecule has 1 unspecified atom stereocenters. The number of nitrogens with one attached hydrogen (secondary N) is 1. The number of carboxylic acid groups (broad SMARTS) is 1. The van der Waals surface area contributed by atoms with Crippen molar-refractivity contribution in [3.8, 4) is 5.75 Å². The lowest BCUT2D eigenvalue weighted by Crippen LogP contribution is -2.42. The fourth-order valence-electron chi connectivity index (χ4n) is 2.36. The summed E-state index contributed by atoms with van der Waals surface area (Å²) in [6.07, 6.45) is 4.24. The first kappa shape index (κ1) is 23.0. The average Bonchev–Trinajstić information content (AvgIpc) is 2.65. The van der Waals surface area contributed by atoms with Crippen LogP contribution in [0.5, 0.6) is 5.75 Å². The van der Waals surface area contributed by atoms with E-state index in [4.69, 9.17) is 4.74 Å². The zero-order valence-electron chi connectivity index (χ0n) is 15.9. The van der Waals surface area contributed by atoms with Gasteiger partial charge in [-0.05, 0) is 37.1 Å². The van der Waals surface area contributed by atoms with E-state index in [0.717, 1.165) is 19.3 Å². The second-order valence-electron chi connectivity index (χ2n) is 6.32. The van der Waals surface area contributed by atoms with E-state index in [-0.39, 0.29) is 23.5 Å². The van der Waals surface area contributed by atoms with Gasteiger partial charge in [-0.3, -0.25) is 4.79 Å². The van der Waals surface area contributed by atoms with Crippen molar-refractivity contribution in [2.45, 2.75) is 52.0 Å². The molecule has 0 aliphatic heterocycles. The molecule has 152 valence electrons. The van der Waals surface area contributed by atoms with Crippen LogP contribution in [0.2, 0.25) is 0 Å². The first-order valence-electron chi connectivity index (χ1n) is 9.26. The van der Waals surface area contributed by atoms with Crippen LogP contribution < -0.4 is 10.1 Å². The summed E-state index contributed by atoms with van der Waals surface area (Å²) in [6, 6.07) is 5.17. The molecular formula is C19H29NO6S. The lowest BCUT2D eigenvalue weighted by atomic mass is 10.1. The minimum atomic E-state index is -3.30. The summed E-state index contributed by atoms with van der Waals surface area (Å²) in [7, 11) is -3.30. The number of amides is 1. The molecule has 1 atom stereocenters. The molecule has 0 saturated carbocycles. The Labute approximate surface area is 161 Å². The standard InChI is InChI=1S/C19H29NO6S/c1-3-5-6-7-13-26-16-10-8-15(9-11-16)18(21)20-17(19(22)23)12-14-27(24,25)4-2/h8-11,17H,3-7,12-14H2,1-2H3,(H,20,21)(H,22,23). The number of carboxylic acids is 1. The molecule has 0 heterocycles. The lowest BCUT2D eigenvalue weighted by molar-refractivity contribution is -0.139. The maximum atomic E-state index is 12.2. The molecule has 1 rings (SSSR count). The fraction of sp³-hybridized carbons (Fsp3) is 0.579. The van der Waals surface area contributed by atoms with Crippen molar-refractivity contribution in [1.29, 1.82) is 0 Å². The van der Waals surface area contributed by atoms with Crippen molar-refractivity contribution < 1.29 is 27.9 Å². The second kappa shape index (κ2) is 11.6. The highest BCUT2D eigenvalue weighted by molar-refractivity contribution is 7.91. The molecule has 1 aromatic rings. The van der Waals surface area contributed by atoms with Crippen molar-refractivity contribution >= 4 is 21.7 Å². The number of benzene rings is 1. The summed E-state index contributed by atoms with van der Waals surface area (Å²) in [4.78, 5) is 23.5. The van der Waals surface area contributed by atoms with E-state index in [1.807, 2.05) is 0 Å². The van der Waals surface area contributed by atoms with E-state index in [2.05, 4.69) is 12.2 Å². The van der Waals surface area contributed by atoms with Crippen LogP contribution in [-0.4, -0.2) is 49.6 Å². The van der Waals surface area contributed by atoms with Crippen LogP contribution in [0, 0.1) is 0 Å². The highest BCUT2D eigenvalue weighted by atomic mass is 32.2. The third kappa shape index (κ3) is 8.90. The van der Waals surface area contributed by atoms with Gasteiger partial charge in [0.25, 0.3) is 5.91 Å². The molecule has 1 amide bonds. The normalized spacial score (nSPS) is 12.4. The van der Waals surface area contributed by atoms with E-state index < -0.39 is 27.8 Å². The van der Waals surface area contributed by atoms with E-state index >= 15 is 0 Å². The molecule has 0 aliphatic carbocycles. The molecule has 0 saturated heterocycles. The molecule has 0 fully saturated rings. The van der Waals surface area contributed by atoms with Crippen molar-refractivity contribution in [1.82, 2.24) is 5.32 Å². The molecule has 1 aromatic carbocycles. The van der Waals surface area contributed by atoms with Gasteiger partial charge in [0.15, 0.2) is 0 Å². The third-order valence-corrected chi connectivity index (χ3v) is 5.88. The Kier molecular flexibility index (Phi) is 9.85. The number of unbranched alkanes of at least 4 members (excludes halogenated alkanes) is 3. The predicted molar refractivity (Wildman–Crippen MR) is 104 cm³/mol. The maximum Gasteiger partial charge on any atom is 0.326 e. The van der Waals surface area contributed by atoms with Crippen molar-refractivity contribution in [3.63, 3.8) is 0 Å². The molecule has 0 bridgehead atoms. The first-order valence-corrected chi connectivity index (χ1v) is 11.1. The third-order valence-electron chi connectivity index (χ3n) is 4.14. The molecule has 27 heavy (non-hydrogen) atoms. The van der Waals surface area contributed by atoms with Crippen LogP contribution in [0.4, 0.5) is 0 Å². The molecule has 0 spiro atoms. The van der Waals surface area contributed by atoms with Crippen LogP contribution in [-0.2, 0) is 14.6 Å². The predicted octanol–water partition coefficient (Wildman–Crippen LogP) is 2.65. The summed E-state index contributed by atoms with van der Waals surface area (Å²) < 4.78 is 28.7.